The molecule has 0 saturated carbocycles. The predicted molar refractivity (Wildman–Crippen MR) is 86.7 cm³/mol. The lowest BCUT2D eigenvalue weighted by atomic mass is 10.2. The van der Waals surface area contributed by atoms with Crippen LogP contribution in [0.3, 0.4) is 0 Å². The van der Waals surface area contributed by atoms with Crippen molar-refractivity contribution < 1.29 is 8.42 Å². The number of hydrogen-bond acceptors (Lipinski definition) is 3. The minimum atomic E-state index is -3.56. The van der Waals surface area contributed by atoms with E-state index < -0.39 is 10.0 Å². The second-order valence-electron chi connectivity index (χ2n) is 4.14. The van der Waals surface area contributed by atoms with E-state index in [2.05, 4.69) is 36.6 Å². The quantitative estimate of drug-likeness (QED) is 0.747. The first-order chi connectivity index (χ1) is 9.38. The van der Waals surface area contributed by atoms with Crippen LogP contribution in [0.5, 0.6) is 0 Å². The number of nitrogens with two attached hydrogens (primary N) is 1. The maximum absolute atomic E-state index is 12.2. The minimum absolute atomic E-state index is 0.205. The second-order valence-corrected chi connectivity index (χ2v) is 7.65. The van der Waals surface area contributed by atoms with Gasteiger partial charge in [0.25, 0.3) is 0 Å². The van der Waals surface area contributed by atoms with Crippen molar-refractivity contribution in [2.45, 2.75) is 11.4 Å². The maximum Gasteiger partial charge on any atom is 0.241 e. The molecule has 4 nitrogen and oxygen atoms in total. The van der Waals surface area contributed by atoms with Crippen molar-refractivity contribution in [3.8, 4) is 0 Å². The summed E-state index contributed by atoms with van der Waals surface area (Å²) in [5.41, 5.74) is 7.07. The van der Waals surface area contributed by atoms with E-state index in [-0.39, 0.29) is 11.4 Å². The molecule has 106 valence electrons. The molecule has 0 atom stereocenters. The fraction of sp³-hybridized carbons (Fsp3) is 0.0769. The Balaban J connectivity index is 2.17. The molecule has 0 saturated heterocycles. The molecule has 2 rings (SSSR count). The van der Waals surface area contributed by atoms with Crippen LogP contribution in [0.4, 0.5) is 5.69 Å². The topological polar surface area (TPSA) is 72.2 Å². The Labute approximate surface area is 134 Å². The zero-order valence-corrected chi connectivity index (χ0v) is 14.3. The molecule has 0 bridgehead atoms. The Kier molecular flexibility index (Phi) is 4.85. The normalized spacial score (nSPS) is 11.5. The molecule has 0 heterocycles. The summed E-state index contributed by atoms with van der Waals surface area (Å²) in [7, 11) is -3.56. The maximum atomic E-state index is 12.2. The van der Waals surface area contributed by atoms with Crippen molar-refractivity contribution in [3.05, 3.63) is 57.0 Å². The van der Waals surface area contributed by atoms with Crippen LogP contribution in [-0.4, -0.2) is 8.42 Å². The highest BCUT2D eigenvalue weighted by molar-refractivity contribution is 9.11. The largest absolute Gasteiger partial charge is 0.399 e. The van der Waals surface area contributed by atoms with Gasteiger partial charge in [-0.2, -0.15) is 0 Å². The summed E-state index contributed by atoms with van der Waals surface area (Å²) in [6, 6.07) is 12.0. The molecule has 0 aliphatic rings. The highest BCUT2D eigenvalue weighted by atomic mass is 79.9. The summed E-state index contributed by atoms with van der Waals surface area (Å²) in [6.07, 6.45) is 0. The number of sulfonamides is 1. The summed E-state index contributed by atoms with van der Waals surface area (Å²) in [5, 5.41) is 0. The van der Waals surface area contributed by atoms with Crippen LogP contribution < -0.4 is 10.5 Å². The first-order valence-corrected chi connectivity index (χ1v) is 8.74. The summed E-state index contributed by atoms with van der Waals surface area (Å²) in [5.74, 6) is 0. The zero-order chi connectivity index (χ0) is 14.8. The van der Waals surface area contributed by atoms with Crippen LogP contribution in [0.25, 0.3) is 0 Å². The van der Waals surface area contributed by atoms with Gasteiger partial charge in [0.1, 0.15) is 0 Å². The molecule has 0 aliphatic carbocycles. The van der Waals surface area contributed by atoms with Crippen molar-refractivity contribution in [2.75, 3.05) is 5.73 Å². The molecule has 0 unspecified atom stereocenters. The molecule has 0 aliphatic heterocycles. The lowest BCUT2D eigenvalue weighted by Crippen LogP contribution is -2.23. The van der Waals surface area contributed by atoms with Gasteiger partial charge in [0.2, 0.25) is 10.0 Å². The van der Waals surface area contributed by atoms with E-state index in [4.69, 9.17) is 5.73 Å². The van der Waals surface area contributed by atoms with Gasteiger partial charge in [0, 0.05) is 21.2 Å². The molecule has 0 spiro atoms. The van der Waals surface area contributed by atoms with Crippen LogP contribution >= 0.6 is 31.9 Å². The van der Waals surface area contributed by atoms with Crippen molar-refractivity contribution >= 4 is 47.6 Å². The number of halogens is 2. The molecule has 0 aromatic heterocycles. The Morgan fingerprint density at radius 2 is 1.70 bits per heavy atom. The fourth-order valence-corrected chi connectivity index (χ4v) is 4.35. The number of hydrogen-bond donors (Lipinski definition) is 2. The van der Waals surface area contributed by atoms with Crippen molar-refractivity contribution in [1.29, 1.82) is 0 Å². The number of anilines is 1. The molecule has 2 aromatic carbocycles. The zero-order valence-electron chi connectivity index (χ0n) is 10.3. The lowest BCUT2D eigenvalue weighted by Gasteiger charge is -2.09. The number of nitrogens with one attached hydrogen (secondary N) is 1. The van der Waals surface area contributed by atoms with Gasteiger partial charge in [-0.15, -0.1) is 0 Å². The first-order valence-electron chi connectivity index (χ1n) is 5.67. The number of benzene rings is 2. The average Bonchev–Trinajstić information content (AvgIpc) is 2.37. The van der Waals surface area contributed by atoms with E-state index in [1.165, 1.54) is 0 Å². The Hall–Kier alpha value is -0.890. The molecule has 0 radical (unpaired) electrons. The monoisotopic (exact) mass is 418 g/mol. The smallest absolute Gasteiger partial charge is 0.241 e. The van der Waals surface area contributed by atoms with E-state index >= 15 is 0 Å². The average molecular weight is 420 g/mol. The molecule has 20 heavy (non-hydrogen) atoms. The van der Waals surface area contributed by atoms with Crippen LogP contribution in [0.1, 0.15) is 5.56 Å². The molecular weight excluding hydrogens is 408 g/mol. The molecule has 7 heteroatoms. The van der Waals surface area contributed by atoms with Crippen LogP contribution in [-0.2, 0) is 16.6 Å². The van der Waals surface area contributed by atoms with Crippen LogP contribution in [0, 0.1) is 0 Å². The molecule has 3 N–H and O–H groups in total. The van der Waals surface area contributed by atoms with Gasteiger partial charge in [-0.1, -0.05) is 28.1 Å². The molecule has 2 aromatic rings. The standard InChI is InChI=1S/C13H12Br2N2O2S/c14-10-3-6-13(12(15)7-10)20(18,19)17-8-9-1-4-11(16)5-2-9/h1-7,17H,8,16H2. The summed E-state index contributed by atoms with van der Waals surface area (Å²) in [4.78, 5) is 0.205. The van der Waals surface area contributed by atoms with Gasteiger partial charge >= 0.3 is 0 Å². The summed E-state index contributed by atoms with van der Waals surface area (Å²) >= 11 is 6.54. The SMILES string of the molecule is Nc1ccc(CNS(=O)(=O)c2ccc(Br)cc2Br)cc1. The lowest BCUT2D eigenvalue weighted by molar-refractivity contribution is 0.581. The predicted octanol–water partition coefficient (Wildman–Crippen LogP) is 3.27. The Bertz CT molecular complexity index is 716. The molecule has 0 amide bonds. The molecule has 0 fully saturated rings. The van der Waals surface area contributed by atoms with E-state index in [1.807, 2.05) is 0 Å². The fourth-order valence-electron chi connectivity index (χ4n) is 1.58. The summed E-state index contributed by atoms with van der Waals surface area (Å²) < 4.78 is 28.3. The third kappa shape index (κ3) is 3.82. The number of rotatable bonds is 4. The van der Waals surface area contributed by atoms with E-state index in [9.17, 15) is 8.42 Å². The number of nitrogen functional groups attached to an aromatic ring is 1. The van der Waals surface area contributed by atoms with Gasteiger partial charge in [-0.05, 0) is 51.8 Å². The van der Waals surface area contributed by atoms with Gasteiger partial charge in [-0.3, -0.25) is 0 Å². The first kappa shape index (κ1) is 15.5. The van der Waals surface area contributed by atoms with Gasteiger partial charge in [-0.25, -0.2) is 13.1 Å². The minimum Gasteiger partial charge on any atom is -0.399 e. The Morgan fingerprint density at radius 1 is 1.05 bits per heavy atom. The Morgan fingerprint density at radius 3 is 2.30 bits per heavy atom. The summed E-state index contributed by atoms with van der Waals surface area (Å²) in [6.45, 7) is 0.213. The van der Waals surface area contributed by atoms with Crippen LogP contribution in [0.15, 0.2) is 56.3 Å². The van der Waals surface area contributed by atoms with Crippen molar-refractivity contribution in [1.82, 2.24) is 4.72 Å². The van der Waals surface area contributed by atoms with Crippen LogP contribution in [0.2, 0.25) is 0 Å². The third-order valence-corrected chi connectivity index (χ3v) is 5.50. The highest BCUT2D eigenvalue weighted by Crippen LogP contribution is 2.25. The molecular formula is C13H12Br2N2O2S. The second kappa shape index (κ2) is 6.26. The van der Waals surface area contributed by atoms with E-state index in [0.717, 1.165) is 10.0 Å². The van der Waals surface area contributed by atoms with Gasteiger partial charge < -0.3 is 5.73 Å². The van der Waals surface area contributed by atoms with E-state index in [1.54, 1.807) is 42.5 Å². The van der Waals surface area contributed by atoms with Crippen molar-refractivity contribution in [2.24, 2.45) is 0 Å². The van der Waals surface area contributed by atoms with Crippen molar-refractivity contribution in [3.63, 3.8) is 0 Å². The third-order valence-electron chi connectivity index (χ3n) is 2.63. The van der Waals surface area contributed by atoms with Gasteiger partial charge in [0.15, 0.2) is 0 Å². The van der Waals surface area contributed by atoms with Gasteiger partial charge in [0.05, 0.1) is 4.90 Å². The highest BCUT2D eigenvalue weighted by Gasteiger charge is 2.17. The van der Waals surface area contributed by atoms with E-state index in [0.29, 0.717) is 10.2 Å².